The fourth-order valence-corrected chi connectivity index (χ4v) is 16.6. The van der Waals surface area contributed by atoms with Gasteiger partial charge < -0.3 is 143 Å². The maximum absolute atomic E-state index is 16.6. The molecule has 668 valence electrons. The first-order valence-corrected chi connectivity index (χ1v) is 40.8. The summed E-state index contributed by atoms with van der Waals surface area (Å²) in [5, 5.41) is 137. The first-order chi connectivity index (χ1) is 59.2. The summed E-state index contributed by atoms with van der Waals surface area (Å²) < 4.78 is 66.7. The lowest BCUT2D eigenvalue weighted by molar-refractivity contribution is -0.334. The first kappa shape index (κ1) is 91.7. The number of primary amides is 1. The minimum Gasteiger partial charge on any atom is -0.508 e. The number of halogens is 3. The first-order valence-electron chi connectivity index (χ1n) is 40.1. The molecule has 125 heavy (non-hydrogen) atoms. The average Bonchev–Trinajstić information content (AvgIpc) is 0.762. The van der Waals surface area contributed by atoms with Crippen molar-refractivity contribution in [3.8, 4) is 68.2 Å². The molecular formula is C86H97Cl2FN10O26. The predicted octanol–water partition coefficient (Wildman–Crippen LogP) is 3.98. The summed E-state index contributed by atoms with van der Waals surface area (Å²) in [6.07, 6.45) is -23.2. The second kappa shape index (κ2) is 37.7. The van der Waals surface area contributed by atoms with Gasteiger partial charge in [-0.05, 0) is 153 Å². The van der Waals surface area contributed by atoms with Crippen LogP contribution in [0.2, 0.25) is 10.0 Å². The van der Waals surface area contributed by atoms with Gasteiger partial charge in [0.2, 0.25) is 53.4 Å². The van der Waals surface area contributed by atoms with Crippen molar-refractivity contribution in [2.45, 2.75) is 207 Å². The number of hydrogen-bond donors (Lipinski definition) is 20. The van der Waals surface area contributed by atoms with Crippen LogP contribution >= 0.6 is 23.2 Å². The summed E-state index contributed by atoms with van der Waals surface area (Å²) in [5.41, 5.74) is 9.21. The largest absolute Gasteiger partial charge is 0.508 e. The van der Waals surface area contributed by atoms with Gasteiger partial charge in [-0.1, -0.05) is 91.6 Å². The van der Waals surface area contributed by atoms with Gasteiger partial charge >= 0.3 is 5.97 Å². The zero-order valence-electron chi connectivity index (χ0n) is 68.3. The van der Waals surface area contributed by atoms with Crippen LogP contribution in [0.25, 0.3) is 22.3 Å². The van der Waals surface area contributed by atoms with Crippen LogP contribution in [0.4, 0.5) is 4.39 Å². The van der Waals surface area contributed by atoms with Gasteiger partial charge in [0, 0.05) is 53.2 Å². The van der Waals surface area contributed by atoms with E-state index in [0.717, 1.165) is 65.2 Å². The molecule has 3 saturated heterocycles. The molecule has 0 aromatic heterocycles. The van der Waals surface area contributed by atoms with Crippen molar-refractivity contribution in [1.82, 2.24) is 42.5 Å². The lowest BCUT2D eigenvalue weighted by atomic mass is 9.84. The number of rotatable bonds is 19. The van der Waals surface area contributed by atoms with Crippen LogP contribution in [0.3, 0.4) is 0 Å². The molecule has 8 heterocycles. The molecule has 11 bridgehead atoms. The molecule has 0 spiro atoms. The fraction of sp³-hybridized carbons (Fsp3) is 0.419. The number of carboxylic acids is 1. The Bertz CT molecular complexity index is 5250. The van der Waals surface area contributed by atoms with Gasteiger partial charge in [0.15, 0.2) is 36.2 Å². The van der Waals surface area contributed by atoms with E-state index in [-0.39, 0.29) is 59.2 Å². The van der Waals surface area contributed by atoms with Crippen LogP contribution in [0.15, 0.2) is 127 Å². The van der Waals surface area contributed by atoms with Gasteiger partial charge in [-0.3, -0.25) is 33.6 Å². The Hall–Kier alpha value is -11.0. The molecule has 15 rings (SSSR count). The average molecular weight is 1780 g/mol. The number of nitrogens with two attached hydrogens (primary N) is 2. The number of likely N-dealkylation sites (N-methyl/N-ethyl adjacent to an activating group) is 1. The summed E-state index contributed by atoms with van der Waals surface area (Å²) in [6, 6.07) is 12.8. The molecule has 7 aromatic carbocycles. The Balaban J connectivity index is 1.02. The number of aliphatic hydroxyl groups excluding tert-OH is 6. The minimum atomic E-state index is -2.41. The fourth-order valence-electron chi connectivity index (χ4n) is 16.2. The predicted molar refractivity (Wildman–Crippen MR) is 440 cm³/mol. The molecule has 22 N–H and O–H groups in total. The Morgan fingerprint density at radius 3 is 1.85 bits per heavy atom. The number of phenolic OH excluding ortho intramolecular Hbond substituents is 3. The number of aromatic hydroxyl groups is 3. The number of hydrogen-bond acceptors (Lipinski definition) is 28. The number of fused-ring (bicyclic) bond motifs is 15. The summed E-state index contributed by atoms with van der Waals surface area (Å²) in [6.45, 7) is 8.96. The second-order valence-corrected chi connectivity index (χ2v) is 33.5. The van der Waals surface area contributed by atoms with Crippen molar-refractivity contribution in [1.29, 1.82) is 0 Å². The highest BCUT2D eigenvalue weighted by atomic mass is 35.5. The van der Waals surface area contributed by atoms with Crippen LogP contribution < -0.4 is 68.2 Å². The molecule has 22 atom stereocenters. The van der Waals surface area contributed by atoms with Crippen molar-refractivity contribution >= 4 is 70.5 Å². The third-order valence-corrected chi connectivity index (χ3v) is 23.5. The summed E-state index contributed by atoms with van der Waals surface area (Å²) in [7, 11) is 1.47. The molecule has 3 fully saturated rings. The van der Waals surface area contributed by atoms with Crippen molar-refractivity contribution in [3.05, 3.63) is 177 Å². The highest BCUT2D eigenvalue weighted by molar-refractivity contribution is 6.32. The van der Waals surface area contributed by atoms with Crippen molar-refractivity contribution in [3.63, 3.8) is 0 Å². The van der Waals surface area contributed by atoms with Crippen LogP contribution in [0, 0.1) is 11.7 Å². The molecule has 8 aliphatic heterocycles. The van der Waals surface area contributed by atoms with E-state index in [2.05, 4.69) is 42.5 Å². The number of carbonyl (C=O) groups excluding carboxylic acids is 7. The number of nitrogens with one attached hydrogen (secondary N) is 8. The topological polar surface area (TPSA) is 561 Å². The minimum absolute atomic E-state index is 0.123. The van der Waals surface area contributed by atoms with E-state index >= 15 is 24.0 Å². The molecule has 8 aliphatic rings. The highest BCUT2D eigenvalue weighted by Gasteiger charge is 2.53. The molecule has 0 saturated carbocycles. The van der Waals surface area contributed by atoms with E-state index in [0.29, 0.717) is 0 Å². The summed E-state index contributed by atoms with van der Waals surface area (Å²) >= 11 is 14.7. The zero-order valence-corrected chi connectivity index (χ0v) is 69.8. The van der Waals surface area contributed by atoms with Crippen LogP contribution in [0.5, 0.6) is 46.0 Å². The van der Waals surface area contributed by atoms with E-state index in [4.69, 9.17) is 72.6 Å². The third kappa shape index (κ3) is 20.0. The van der Waals surface area contributed by atoms with Crippen molar-refractivity contribution in [2.24, 2.45) is 17.4 Å². The lowest BCUT2D eigenvalue weighted by Crippen LogP contribution is -2.65. The van der Waals surface area contributed by atoms with Crippen molar-refractivity contribution in [2.75, 3.05) is 13.7 Å². The van der Waals surface area contributed by atoms with Crippen LogP contribution in [0.1, 0.15) is 131 Å². The number of carboxylic acid groups (broad SMARTS) is 1. The highest BCUT2D eigenvalue weighted by Crippen LogP contribution is 2.51. The molecule has 7 amide bonds. The number of benzene rings is 7. The Labute approximate surface area is 724 Å². The van der Waals surface area contributed by atoms with Gasteiger partial charge in [-0.15, -0.1) is 0 Å². The molecule has 7 aromatic rings. The Morgan fingerprint density at radius 2 is 1.24 bits per heavy atom. The Morgan fingerprint density at radius 1 is 0.648 bits per heavy atom. The van der Waals surface area contributed by atoms with Crippen molar-refractivity contribution < 1.29 is 132 Å². The summed E-state index contributed by atoms with van der Waals surface area (Å²) in [4.78, 5) is 121. The van der Waals surface area contributed by atoms with Gasteiger partial charge in [-0.2, -0.15) is 0 Å². The lowest BCUT2D eigenvalue weighted by Gasteiger charge is -2.48. The molecular weight excluding hydrogens is 1680 g/mol. The van der Waals surface area contributed by atoms with Crippen LogP contribution in [-0.2, 0) is 68.6 Å². The monoisotopic (exact) mass is 1770 g/mol. The number of aliphatic carboxylic acids is 1. The van der Waals surface area contributed by atoms with E-state index in [1.165, 1.54) is 63.4 Å². The van der Waals surface area contributed by atoms with Gasteiger partial charge in [-0.25, -0.2) is 9.18 Å². The second-order valence-electron chi connectivity index (χ2n) is 32.7. The van der Waals surface area contributed by atoms with Gasteiger partial charge in [0.05, 0.1) is 53.5 Å². The zero-order chi connectivity index (χ0) is 90.3. The van der Waals surface area contributed by atoms with Gasteiger partial charge in [0.1, 0.15) is 95.3 Å². The summed E-state index contributed by atoms with van der Waals surface area (Å²) in [5.74, 6) is -16.6. The van der Waals surface area contributed by atoms with E-state index < -0.39 is 267 Å². The molecule has 36 nitrogen and oxygen atoms in total. The maximum atomic E-state index is 16.6. The number of aliphatic hydroxyl groups is 6. The van der Waals surface area contributed by atoms with E-state index in [1.54, 1.807) is 26.0 Å². The number of ether oxygens (including phenoxy) is 8. The number of amides is 7. The third-order valence-electron chi connectivity index (χ3n) is 22.9. The number of phenols is 3. The smallest absolute Gasteiger partial charge is 0.330 e. The SMILES string of the molecule is CN[C@H](CC(C)C)C(=O)N[C@H]1C(=O)N[C@@H](CC(N)=O)C(=O)N[C@H]2C(=O)N[C@H]3C(=O)N[C@H](C(=O)N[C@H](C(=O)O)c4cc(O)cc(O)c4-c4cc3ccc4O)[C@H](O[C@H]3C[C@](C)(N)[C@@H](O)[C@H](C)O3)c3ccc(c(Cl)c3)Oc3cc2cc(c3O[C@@H]2O[C@H](CO)[C@@H](O)[C@H](O)[C@H]2O[C@H]2C[C@](C)(NCc3ccc(-c4ccc(F)cc4)cc3)[C@@H](O)[C@H](C)O2)Oc2ccc(cc2Cl)[C@H]1O. The van der Waals surface area contributed by atoms with E-state index in [1.807, 2.05) is 38.1 Å². The quantitative estimate of drug-likeness (QED) is 0.0544. The van der Waals surface area contributed by atoms with Crippen LogP contribution in [-0.4, -0.2) is 215 Å². The maximum Gasteiger partial charge on any atom is 0.330 e. The molecule has 0 radical (unpaired) electrons. The molecule has 0 aliphatic carbocycles. The number of carbonyl (C=O) groups is 8. The van der Waals surface area contributed by atoms with Gasteiger partial charge in [0.25, 0.3) is 0 Å². The normalized spacial score (nSPS) is 29.7. The van der Waals surface area contributed by atoms with E-state index in [9.17, 15) is 69.8 Å². The molecule has 39 heteroatoms. The molecule has 0 unspecified atom stereocenters. The Kier molecular flexibility index (Phi) is 27.7. The standard InChI is InChI=1S/C86H97Cl2FN10O26/c1-35(2)22-51(92-7)77(110)98-67-69(105)42-15-20-55(49(87)24-42)120-57-26-44-27-58(73(57)125-84-74(71(107)70(106)59(34-100)122-84)124-62-32-86(6,76(109)37(4)119-62)93-33-38-8-10-39(11-9-38)40-12-17-45(89)18-13-40)121-56-21-16-43(25-50(56)88)72(123-61-31-85(5,91)75(108)36(3)118-61)68-82(115)97-66(83(116)117)48-28-46(101)29-54(103)63(48)47-23-41(14-19-53(47)102)64(79(112)99-68)96-80(113)65(44)95-78(111)52(30-60(90)104)94-81(67)114/h8-21,23-29,35-37,51-52,59,61-62,64-72,74-76,84,92-93,100-103,105-109H,22,30-34,91H2,1-7H3,(H2,90,104)(H,94,114)(H,95,111)(H,96,113)(H,97,115)(H,98,110)(H,99,112)(H,116,117)/t36-,37-,51+,52-,59+,61-,62-,64+,65+,66-,67+,68-,69+,70+,71-,72+,74+,75-,76-,84-,85-,86-/m0/s1.